The minimum absolute atomic E-state index is 0.0682. The molecule has 0 spiro atoms. The van der Waals surface area contributed by atoms with Crippen molar-refractivity contribution in [2.24, 2.45) is 0 Å². The number of nitrogens with one attached hydrogen (secondary N) is 1. The number of hydrogen-bond donors (Lipinski definition) is 2. The van der Waals surface area contributed by atoms with Crippen molar-refractivity contribution in [1.29, 1.82) is 0 Å². The van der Waals surface area contributed by atoms with Crippen LogP contribution in [0, 0.1) is 12.7 Å². The second-order valence-electron chi connectivity index (χ2n) is 5.47. The normalized spacial score (nSPS) is 10.7. The minimum atomic E-state index is -0.491. The summed E-state index contributed by atoms with van der Waals surface area (Å²) in [5.41, 5.74) is 1.05. The Morgan fingerprint density at radius 1 is 1.32 bits per heavy atom. The molecule has 2 aromatic carbocycles. The number of nitrogens with zero attached hydrogens (tertiary/aromatic N) is 2. The van der Waals surface area contributed by atoms with Crippen molar-refractivity contribution in [3.8, 4) is 11.4 Å². The van der Waals surface area contributed by atoms with Gasteiger partial charge in [0, 0.05) is 24.0 Å². The van der Waals surface area contributed by atoms with E-state index in [1.807, 2.05) is 0 Å². The Bertz CT molecular complexity index is 940. The van der Waals surface area contributed by atoms with E-state index in [-0.39, 0.29) is 17.9 Å². The van der Waals surface area contributed by atoms with Crippen LogP contribution in [0.3, 0.4) is 0 Å². The van der Waals surface area contributed by atoms with Crippen LogP contribution in [0.25, 0.3) is 5.69 Å². The van der Waals surface area contributed by atoms with Crippen LogP contribution in [-0.2, 0) is 6.54 Å². The van der Waals surface area contributed by atoms with Gasteiger partial charge >= 0.3 is 0 Å². The molecule has 3 aromatic rings. The molecule has 0 aliphatic rings. The van der Waals surface area contributed by atoms with Gasteiger partial charge in [0.05, 0.1) is 11.3 Å². The number of phenolic OH excluding ortho intramolecular Hbond substituents is 1. The number of carbonyl (C=O) groups excluding carboxylic acids is 1. The van der Waals surface area contributed by atoms with E-state index in [0.717, 1.165) is 0 Å². The van der Waals surface area contributed by atoms with Crippen LogP contribution in [-0.4, -0.2) is 20.6 Å². The molecule has 1 heterocycles. The molecular weight excluding hydrogens is 345 g/mol. The first-order valence-electron chi connectivity index (χ1n) is 7.51. The molecule has 0 aliphatic carbocycles. The molecule has 2 N–H and O–H groups in total. The number of amides is 1. The summed E-state index contributed by atoms with van der Waals surface area (Å²) in [7, 11) is 0. The van der Waals surface area contributed by atoms with Gasteiger partial charge in [-0.3, -0.25) is 4.79 Å². The van der Waals surface area contributed by atoms with Gasteiger partial charge in [-0.25, -0.2) is 9.37 Å². The number of benzene rings is 2. The fourth-order valence-electron chi connectivity index (χ4n) is 2.46. The Kier molecular flexibility index (Phi) is 4.72. The third kappa shape index (κ3) is 3.64. The average Bonchev–Trinajstić information content (AvgIpc) is 3.01. The third-order valence-electron chi connectivity index (χ3n) is 3.75. The van der Waals surface area contributed by atoms with E-state index in [2.05, 4.69) is 10.3 Å². The SMILES string of the molecule is Cc1nccn1-c1ccc(CNC(=O)c2cc(Cl)ccc2O)cc1F. The Morgan fingerprint density at radius 2 is 2.12 bits per heavy atom. The van der Waals surface area contributed by atoms with Crippen LogP contribution < -0.4 is 5.32 Å². The zero-order valence-electron chi connectivity index (χ0n) is 13.3. The number of aromatic hydroxyl groups is 1. The molecule has 25 heavy (non-hydrogen) atoms. The molecule has 1 amide bonds. The van der Waals surface area contributed by atoms with E-state index in [4.69, 9.17) is 11.6 Å². The van der Waals surface area contributed by atoms with E-state index >= 15 is 0 Å². The van der Waals surface area contributed by atoms with Gasteiger partial charge in [-0.1, -0.05) is 17.7 Å². The summed E-state index contributed by atoms with van der Waals surface area (Å²) < 4.78 is 16.0. The van der Waals surface area contributed by atoms with Gasteiger partial charge < -0.3 is 15.0 Å². The molecule has 7 heteroatoms. The lowest BCUT2D eigenvalue weighted by atomic mass is 10.1. The molecule has 5 nitrogen and oxygen atoms in total. The molecule has 0 aliphatic heterocycles. The molecule has 0 atom stereocenters. The highest BCUT2D eigenvalue weighted by Crippen LogP contribution is 2.21. The van der Waals surface area contributed by atoms with Crippen LogP contribution >= 0.6 is 11.6 Å². The number of aromatic nitrogens is 2. The van der Waals surface area contributed by atoms with Gasteiger partial charge in [0.25, 0.3) is 5.91 Å². The second-order valence-corrected chi connectivity index (χ2v) is 5.91. The highest BCUT2D eigenvalue weighted by atomic mass is 35.5. The lowest BCUT2D eigenvalue weighted by Crippen LogP contribution is -2.23. The number of hydrogen-bond acceptors (Lipinski definition) is 3. The first-order chi connectivity index (χ1) is 12.0. The second kappa shape index (κ2) is 6.94. The van der Waals surface area contributed by atoms with Crippen LogP contribution in [0.15, 0.2) is 48.8 Å². The predicted octanol–water partition coefficient (Wildman–Crippen LogP) is 3.61. The van der Waals surface area contributed by atoms with Crippen LogP contribution in [0.2, 0.25) is 5.02 Å². The number of carbonyl (C=O) groups is 1. The topological polar surface area (TPSA) is 67.2 Å². The molecule has 0 saturated heterocycles. The first-order valence-corrected chi connectivity index (χ1v) is 7.89. The van der Waals surface area contributed by atoms with Crippen molar-refractivity contribution in [2.75, 3.05) is 0 Å². The van der Waals surface area contributed by atoms with E-state index in [1.165, 1.54) is 24.3 Å². The van der Waals surface area contributed by atoms with E-state index < -0.39 is 11.7 Å². The zero-order chi connectivity index (χ0) is 18.0. The van der Waals surface area contributed by atoms with E-state index in [0.29, 0.717) is 22.1 Å². The van der Waals surface area contributed by atoms with Crippen molar-refractivity contribution in [2.45, 2.75) is 13.5 Å². The molecular formula is C18H15ClFN3O2. The van der Waals surface area contributed by atoms with E-state index in [9.17, 15) is 14.3 Å². The molecule has 0 bridgehead atoms. The maximum atomic E-state index is 14.3. The van der Waals surface area contributed by atoms with Crippen molar-refractivity contribution in [1.82, 2.24) is 14.9 Å². The van der Waals surface area contributed by atoms with Crippen molar-refractivity contribution in [3.05, 3.63) is 76.6 Å². The Balaban J connectivity index is 1.74. The lowest BCUT2D eigenvalue weighted by Gasteiger charge is -2.10. The maximum absolute atomic E-state index is 14.3. The fourth-order valence-corrected chi connectivity index (χ4v) is 2.63. The van der Waals surface area contributed by atoms with E-state index in [1.54, 1.807) is 36.0 Å². The summed E-state index contributed by atoms with van der Waals surface area (Å²) in [6, 6.07) is 8.90. The number of halogens is 2. The summed E-state index contributed by atoms with van der Waals surface area (Å²) in [6.45, 7) is 1.90. The largest absolute Gasteiger partial charge is 0.507 e. The van der Waals surface area contributed by atoms with Crippen LogP contribution in [0.1, 0.15) is 21.7 Å². The van der Waals surface area contributed by atoms with Crippen molar-refractivity contribution in [3.63, 3.8) is 0 Å². The maximum Gasteiger partial charge on any atom is 0.255 e. The highest BCUT2D eigenvalue weighted by Gasteiger charge is 2.12. The first kappa shape index (κ1) is 17.0. The third-order valence-corrected chi connectivity index (χ3v) is 3.99. The molecule has 0 radical (unpaired) electrons. The van der Waals surface area contributed by atoms with Crippen molar-refractivity contribution < 1.29 is 14.3 Å². The summed E-state index contributed by atoms with van der Waals surface area (Å²) in [5, 5.41) is 12.7. The Hall–Kier alpha value is -2.86. The highest BCUT2D eigenvalue weighted by molar-refractivity contribution is 6.31. The molecule has 0 saturated carbocycles. The van der Waals surface area contributed by atoms with Gasteiger partial charge in [0.1, 0.15) is 17.4 Å². The Morgan fingerprint density at radius 3 is 2.80 bits per heavy atom. The number of imidazole rings is 1. The van der Waals surface area contributed by atoms with Gasteiger partial charge in [-0.05, 0) is 42.8 Å². The van der Waals surface area contributed by atoms with Gasteiger partial charge in [0.15, 0.2) is 0 Å². The zero-order valence-corrected chi connectivity index (χ0v) is 14.1. The van der Waals surface area contributed by atoms with Gasteiger partial charge in [-0.2, -0.15) is 0 Å². The molecule has 3 rings (SSSR count). The standard InChI is InChI=1S/C18H15ClFN3O2/c1-11-21-6-7-23(11)16-4-2-12(8-15(16)20)10-22-18(25)14-9-13(19)3-5-17(14)24/h2-9,24H,10H2,1H3,(H,22,25). The van der Waals surface area contributed by atoms with Gasteiger partial charge in [-0.15, -0.1) is 0 Å². The fraction of sp³-hybridized carbons (Fsp3) is 0.111. The number of rotatable bonds is 4. The summed E-state index contributed by atoms with van der Waals surface area (Å²) >= 11 is 5.83. The lowest BCUT2D eigenvalue weighted by molar-refractivity contribution is 0.0948. The predicted molar refractivity (Wildman–Crippen MR) is 92.5 cm³/mol. The molecule has 128 valence electrons. The summed E-state index contributed by atoms with van der Waals surface area (Å²) in [6.07, 6.45) is 3.28. The van der Waals surface area contributed by atoms with Gasteiger partial charge in [0.2, 0.25) is 0 Å². The van der Waals surface area contributed by atoms with Crippen LogP contribution in [0.5, 0.6) is 5.75 Å². The number of aryl methyl sites for hydroxylation is 1. The molecule has 1 aromatic heterocycles. The van der Waals surface area contributed by atoms with Crippen molar-refractivity contribution >= 4 is 17.5 Å². The Labute approximate surface area is 148 Å². The smallest absolute Gasteiger partial charge is 0.255 e. The minimum Gasteiger partial charge on any atom is -0.507 e. The summed E-state index contributed by atoms with van der Waals surface area (Å²) in [5.74, 6) is -0.399. The molecule has 0 unspecified atom stereocenters. The molecule has 0 fully saturated rings. The quantitative estimate of drug-likeness (QED) is 0.747. The van der Waals surface area contributed by atoms with Crippen LogP contribution in [0.4, 0.5) is 4.39 Å². The monoisotopic (exact) mass is 359 g/mol. The number of phenols is 1. The average molecular weight is 360 g/mol. The summed E-state index contributed by atoms with van der Waals surface area (Å²) in [4.78, 5) is 16.2.